The number of hydrogen-bond donors (Lipinski definition) is 0. The molecule has 0 bridgehead atoms. The maximum absolute atomic E-state index is 6.28. The lowest BCUT2D eigenvalue weighted by Crippen LogP contribution is -2.38. The first-order valence-electron chi connectivity index (χ1n) is 7.15. The van der Waals surface area contributed by atoms with Gasteiger partial charge in [-0.15, -0.1) is 0 Å². The molecule has 0 saturated heterocycles. The zero-order valence-electron chi connectivity index (χ0n) is 13.1. The van der Waals surface area contributed by atoms with Crippen molar-refractivity contribution in [1.82, 2.24) is 0 Å². The second kappa shape index (κ2) is 7.06. The highest BCUT2D eigenvalue weighted by Crippen LogP contribution is 2.27. The summed E-state index contributed by atoms with van der Waals surface area (Å²) in [6, 6.07) is 1.09. The molecule has 0 radical (unpaired) electrons. The fourth-order valence-corrected chi connectivity index (χ4v) is 3.91. The van der Waals surface area contributed by atoms with Crippen molar-refractivity contribution in [3.8, 4) is 0 Å². The lowest BCUT2D eigenvalue weighted by Gasteiger charge is -2.32. The normalized spacial score (nSPS) is 22.7. The maximum Gasteiger partial charge on any atom is 0.191 e. The summed E-state index contributed by atoms with van der Waals surface area (Å²) in [7, 11) is -1.51. The van der Waals surface area contributed by atoms with Gasteiger partial charge in [0.2, 0.25) is 0 Å². The van der Waals surface area contributed by atoms with Gasteiger partial charge >= 0.3 is 0 Å². The molecule has 0 aliphatic carbocycles. The summed E-state index contributed by atoms with van der Waals surface area (Å²) in [6.45, 7) is 15.0. The van der Waals surface area contributed by atoms with E-state index in [0.717, 1.165) is 18.9 Å². The quantitative estimate of drug-likeness (QED) is 0.483. The van der Waals surface area contributed by atoms with Gasteiger partial charge in [-0.3, -0.25) is 0 Å². The second-order valence-corrected chi connectivity index (χ2v) is 10.4. The summed E-state index contributed by atoms with van der Waals surface area (Å²) in [4.78, 5) is 0. The van der Waals surface area contributed by atoms with E-state index in [9.17, 15) is 0 Å². The van der Waals surface area contributed by atoms with Crippen molar-refractivity contribution in [1.29, 1.82) is 0 Å². The maximum atomic E-state index is 6.28. The van der Waals surface area contributed by atoms with Gasteiger partial charge in [-0.05, 0) is 58.3 Å². The Balaban J connectivity index is 2.71. The van der Waals surface area contributed by atoms with Gasteiger partial charge in [-0.1, -0.05) is 42.0 Å². The molecule has 106 valence electrons. The molecule has 0 amide bonds. The molecule has 0 N–H and O–H groups in total. The van der Waals surface area contributed by atoms with Crippen LogP contribution in [-0.4, -0.2) is 14.4 Å². The van der Waals surface area contributed by atoms with Crippen molar-refractivity contribution in [3.05, 3.63) is 47.6 Å². The Bertz CT molecular complexity index is 409. The van der Waals surface area contributed by atoms with Crippen molar-refractivity contribution in [2.24, 2.45) is 0 Å². The van der Waals surface area contributed by atoms with E-state index >= 15 is 0 Å². The van der Waals surface area contributed by atoms with E-state index in [1.807, 2.05) is 6.08 Å². The molecule has 0 fully saturated rings. The molecular weight excluding hydrogens is 248 g/mol. The summed E-state index contributed by atoms with van der Waals surface area (Å²) in [5, 5.41) is 0. The zero-order chi connectivity index (χ0) is 14.5. The SMILES string of the molecule is C=CC1=CC[Si](C)(C)OC1/C=C(\C)CCC=C(C)C. The van der Waals surface area contributed by atoms with Gasteiger partial charge in [0, 0.05) is 0 Å². The smallest absolute Gasteiger partial charge is 0.191 e. The molecule has 0 saturated carbocycles. The van der Waals surface area contributed by atoms with Crippen LogP contribution in [0, 0.1) is 0 Å². The van der Waals surface area contributed by atoms with E-state index in [0.29, 0.717) is 0 Å². The van der Waals surface area contributed by atoms with E-state index in [4.69, 9.17) is 4.43 Å². The molecular formula is C17H28OSi. The summed E-state index contributed by atoms with van der Waals surface area (Å²) in [6.07, 6.45) is 11.2. The lowest BCUT2D eigenvalue weighted by molar-refractivity contribution is 0.270. The molecule has 1 heterocycles. The standard InChI is InChI=1S/C17H28OSi/c1-7-16-11-12-19(5,6)18-17(16)13-15(4)10-8-9-14(2)3/h7,9,11,13,17H,1,8,10,12H2,2-6H3/b15-13+. The highest BCUT2D eigenvalue weighted by molar-refractivity contribution is 6.71. The van der Waals surface area contributed by atoms with Crippen molar-refractivity contribution >= 4 is 8.32 Å². The molecule has 1 nitrogen and oxygen atoms in total. The Morgan fingerprint density at radius 3 is 2.68 bits per heavy atom. The van der Waals surface area contributed by atoms with Crippen LogP contribution < -0.4 is 0 Å². The summed E-state index contributed by atoms with van der Waals surface area (Å²) in [5.41, 5.74) is 4.03. The molecule has 2 heteroatoms. The van der Waals surface area contributed by atoms with Gasteiger partial charge in [0.1, 0.15) is 0 Å². The van der Waals surface area contributed by atoms with E-state index < -0.39 is 8.32 Å². The first-order valence-corrected chi connectivity index (χ1v) is 10.3. The average molecular weight is 276 g/mol. The van der Waals surface area contributed by atoms with Crippen LogP contribution in [0.15, 0.2) is 47.6 Å². The lowest BCUT2D eigenvalue weighted by atomic mass is 10.0. The third-order valence-corrected chi connectivity index (χ3v) is 5.45. The van der Waals surface area contributed by atoms with Crippen molar-refractivity contribution in [3.63, 3.8) is 0 Å². The first kappa shape index (κ1) is 16.2. The third-order valence-electron chi connectivity index (χ3n) is 3.37. The average Bonchev–Trinajstić information content (AvgIpc) is 2.27. The second-order valence-electron chi connectivity index (χ2n) is 6.24. The molecule has 0 aromatic rings. The minimum atomic E-state index is -1.51. The number of allylic oxidation sites excluding steroid dienone is 4. The van der Waals surface area contributed by atoms with Gasteiger partial charge in [0.25, 0.3) is 0 Å². The highest BCUT2D eigenvalue weighted by Gasteiger charge is 2.30. The van der Waals surface area contributed by atoms with E-state index in [2.05, 4.69) is 58.7 Å². The molecule has 1 atom stereocenters. The topological polar surface area (TPSA) is 9.23 Å². The fraction of sp³-hybridized carbons (Fsp3) is 0.529. The van der Waals surface area contributed by atoms with E-state index in [1.165, 1.54) is 16.7 Å². The van der Waals surface area contributed by atoms with Gasteiger partial charge in [0.05, 0.1) is 6.10 Å². The molecule has 0 spiro atoms. The fourth-order valence-electron chi connectivity index (χ4n) is 2.20. The van der Waals surface area contributed by atoms with Crippen LogP contribution in [-0.2, 0) is 4.43 Å². The number of hydrogen-bond acceptors (Lipinski definition) is 1. The van der Waals surface area contributed by atoms with Crippen LogP contribution in [0.4, 0.5) is 0 Å². The molecule has 0 aromatic carbocycles. The minimum absolute atomic E-state index is 0.125. The summed E-state index contributed by atoms with van der Waals surface area (Å²) in [5.74, 6) is 0. The van der Waals surface area contributed by atoms with Crippen LogP contribution >= 0.6 is 0 Å². The summed E-state index contributed by atoms with van der Waals surface area (Å²) >= 11 is 0. The monoisotopic (exact) mass is 276 g/mol. The van der Waals surface area contributed by atoms with Gasteiger partial charge in [0.15, 0.2) is 8.32 Å². The molecule has 19 heavy (non-hydrogen) atoms. The molecule has 1 aliphatic rings. The van der Waals surface area contributed by atoms with Crippen LogP contribution in [0.1, 0.15) is 33.6 Å². The van der Waals surface area contributed by atoms with Gasteiger partial charge in [-0.2, -0.15) is 0 Å². The Kier molecular flexibility index (Phi) is 6.02. The Morgan fingerprint density at radius 2 is 2.11 bits per heavy atom. The van der Waals surface area contributed by atoms with E-state index in [-0.39, 0.29) is 6.10 Å². The van der Waals surface area contributed by atoms with Crippen molar-refractivity contribution < 1.29 is 4.43 Å². The van der Waals surface area contributed by atoms with Gasteiger partial charge < -0.3 is 4.43 Å². The first-order chi connectivity index (χ1) is 8.84. The Labute approximate surface area is 119 Å². The Morgan fingerprint density at radius 1 is 1.42 bits per heavy atom. The van der Waals surface area contributed by atoms with Crippen molar-refractivity contribution in [2.75, 3.05) is 0 Å². The predicted octanol–water partition coefficient (Wildman–Crippen LogP) is 5.40. The van der Waals surface area contributed by atoms with Crippen molar-refractivity contribution in [2.45, 2.75) is 58.9 Å². The molecule has 1 unspecified atom stereocenters. The minimum Gasteiger partial charge on any atom is -0.407 e. The summed E-state index contributed by atoms with van der Waals surface area (Å²) < 4.78 is 6.28. The molecule has 1 rings (SSSR count). The predicted molar refractivity (Wildman–Crippen MR) is 87.9 cm³/mol. The van der Waals surface area contributed by atoms with Crippen LogP contribution in [0.5, 0.6) is 0 Å². The highest BCUT2D eigenvalue weighted by atomic mass is 28.4. The van der Waals surface area contributed by atoms with Crippen LogP contribution in [0.3, 0.4) is 0 Å². The largest absolute Gasteiger partial charge is 0.407 e. The zero-order valence-corrected chi connectivity index (χ0v) is 14.1. The molecule has 1 aliphatic heterocycles. The number of rotatable bonds is 5. The molecule has 0 aromatic heterocycles. The van der Waals surface area contributed by atoms with Crippen LogP contribution in [0.2, 0.25) is 19.1 Å². The van der Waals surface area contributed by atoms with Gasteiger partial charge in [-0.25, -0.2) is 0 Å². The van der Waals surface area contributed by atoms with E-state index in [1.54, 1.807) is 0 Å². The third kappa shape index (κ3) is 5.75. The Hall–Kier alpha value is -0.863. The van der Waals surface area contributed by atoms with Crippen LogP contribution in [0.25, 0.3) is 0 Å².